The Bertz CT molecular complexity index is 944. The first-order chi connectivity index (χ1) is 11.4. The molecule has 1 amide bonds. The second-order valence-electron chi connectivity index (χ2n) is 5.69. The zero-order valence-electron chi connectivity index (χ0n) is 13.4. The number of carbonyl (C=O) groups excluding carboxylic acids is 1. The maximum Gasteiger partial charge on any atom is 0.307 e. The molecule has 6 nitrogen and oxygen atoms in total. The highest BCUT2D eigenvalue weighted by atomic mass is 16.4. The minimum atomic E-state index is -0.910. The van der Waals surface area contributed by atoms with Gasteiger partial charge in [0.25, 0.3) is 5.91 Å². The molecule has 6 heteroatoms. The van der Waals surface area contributed by atoms with E-state index in [1.807, 2.05) is 30.5 Å². The van der Waals surface area contributed by atoms with Crippen LogP contribution in [0.4, 0.5) is 5.69 Å². The van der Waals surface area contributed by atoms with Gasteiger partial charge in [0.1, 0.15) is 5.65 Å². The molecule has 1 aromatic carbocycles. The minimum Gasteiger partial charge on any atom is -0.481 e. The summed E-state index contributed by atoms with van der Waals surface area (Å²) in [4.78, 5) is 27.8. The first-order valence-electron chi connectivity index (χ1n) is 7.51. The molecule has 2 heterocycles. The highest BCUT2D eigenvalue weighted by Crippen LogP contribution is 2.17. The molecule has 0 aliphatic heterocycles. The fourth-order valence-electron chi connectivity index (χ4n) is 2.70. The van der Waals surface area contributed by atoms with Crippen molar-refractivity contribution in [1.29, 1.82) is 0 Å². The molecule has 2 aromatic heterocycles. The molecular formula is C18H17N3O3. The number of benzene rings is 1. The Hall–Kier alpha value is -3.15. The molecular weight excluding hydrogens is 306 g/mol. The first kappa shape index (κ1) is 15.7. The summed E-state index contributed by atoms with van der Waals surface area (Å²) in [6.07, 6.45) is 1.73. The lowest BCUT2D eigenvalue weighted by molar-refractivity contribution is -0.136. The van der Waals surface area contributed by atoms with Crippen molar-refractivity contribution in [2.45, 2.75) is 20.3 Å². The summed E-state index contributed by atoms with van der Waals surface area (Å²) in [6.45, 7) is 3.84. The predicted molar refractivity (Wildman–Crippen MR) is 90.4 cm³/mol. The van der Waals surface area contributed by atoms with Crippen LogP contribution in [0, 0.1) is 13.8 Å². The van der Waals surface area contributed by atoms with Gasteiger partial charge in [0.2, 0.25) is 0 Å². The van der Waals surface area contributed by atoms with E-state index in [4.69, 9.17) is 5.11 Å². The Kier molecular flexibility index (Phi) is 4.04. The number of rotatable bonds is 4. The van der Waals surface area contributed by atoms with Gasteiger partial charge in [0.05, 0.1) is 12.0 Å². The van der Waals surface area contributed by atoms with E-state index < -0.39 is 5.97 Å². The number of carbonyl (C=O) groups is 2. The van der Waals surface area contributed by atoms with Crippen molar-refractivity contribution in [2.24, 2.45) is 0 Å². The van der Waals surface area contributed by atoms with Crippen molar-refractivity contribution in [3.05, 3.63) is 65.1 Å². The lowest BCUT2D eigenvalue weighted by Crippen LogP contribution is -2.13. The van der Waals surface area contributed by atoms with Crippen LogP contribution < -0.4 is 5.32 Å². The zero-order valence-corrected chi connectivity index (χ0v) is 13.4. The van der Waals surface area contributed by atoms with Crippen LogP contribution in [0.25, 0.3) is 5.65 Å². The van der Waals surface area contributed by atoms with Gasteiger partial charge in [-0.25, -0.2) is 4.98 Å². The van der Waals surface area contributed by atoms with Crippen molar-refractivity contribution >= 4 is 23.2 Å². The Labute approximate surface area is 138 Å². The van der Waals surface area contributed by atoms with E-state index >= 15 is 0 Å². The number of hydrogen-bond donors (Lipinski definition) is 2. The summed E-state index contributed by atoms with van der Waals surface area (Å²) in [5, 5.41) is 11.7. The smallest absolute Gasteiger partial charge is 0.307 e. The molecule has 0 aliphatic rings. The lowest BCUT2D eigenvalue weighted by Gasteiger charge is -2.07. The van der Waals surface area contributed by atoms with E-state index in [-0.39, 0.29) is 12.3 Å². The maximum absolute atomic E-state index is 12.6. The van der Waals surface area contributed by atoms with Crippen molar-refractivity contribution in [3.63, 3.8) is 0 Å². The quantitative estimate of drug-likeness (QED) is 0.773. The summed E-state index contributed by atoms with van der Waals surface area (Å²) in [7, 11) is 0. The fourth-order valence-corrected chi connectivity index (χ4v) is 2.70. The molecule has 0 atom stereocenters. The highest BCUT2D eigenvalue weighted by molar-refractivity contribution is 6.08. The number of nitrogens with zero attached hydrogens (tertiary/aromatic N) is 2. The van der Waals surface area contributed by atoms with Gasteiger partial charge >= 0.3 is 5.97 Å². The van der Waals surface area contributed by atoms with E-state index in [9.17, 15) is 9.59 Å². The van der Waals surface area contributed by atoms with Crippen LogP contribution in [-0.2, 0) is 11.2 Å². The molecule has 0 fully saturated rings. The molecule has 0 saturated carbocycles. The lowest BCUT2D eigenvalue weighted by atomic mass is 10.1. The molecule has 3 aromatic rings. The Balaban J connectivity index is 1.89. The number of fused-ring (bicyclic) bond motifs is 1. The Morgan fingerprint density at radius 2 is 2.00 bits per heavy atom. The van der Waals surface area contributed by atoms with Gasteiger partial charge in [0, 0.05) is 23.3 Å². The minimum absolute atomic E-state index is 0.0845. The summed E-state index contributed by atoms with van der Waals surface area (Å²) in [5.74, 6) is -1.19. The standard InChI is InChI=1S/C18H17N3O3/c1-11-8-12(2)21-7-6-15(17(21)19-11)18(24)20-14-5-3-4-13(9-14)10-16(22)23/h3-9H,10H2,1-2H3,(H,20,24)(H,22,23). The van der Waals surface area contributed by atoms with Gasteiger partial charge < -0.3 is 14.8 Å². The molecule has 0 unspecified atom stereocenters. The highest BCUT2D eigenvalue weighted by Gasteiger charge is 2.14. The molecule has 0 saturated heterocycles. The van der Waals surface area contributed by atoms with E-state index in [0.29, 0.717) is 22.5 Å². The normalized spacial score (nSPS) is 10.8. The molecule has 0 radical (unpaired) electrons. The van der Waals surface area contributed by atoms with Gasteiger partial charge in [0.15, 0.2) is 0 Å². The zero-order chi connectivity index (χ0) is 17.3. The number of aromatic nitrogens is 2. The second kappa shape index (κ2) is 6.16. The van der Waals surface area contributed by atoms with Crippen molar-refractivity contribution in [2.75, 3.05) is 5.32 Å². The largest absolute Gasteiger partial charge is 0.481 e. The van der Waals surface area contributed by atoms with Crippen molar-refractivity contribution in [1.82, 2.24) is 9.38 Å². The molecule has 0 bridgehead atoms. The third kappa shape index (κ3) is 3.12. The Morgan fingerprint density at radius 3 is 2.75 bits per heavy atom. The van der Waals surface area contributed by atoms with Gasteiger partial charge in [-0.3, -0.25) is 9.59 Å². The van der Waals surface area contributed by atoms with Crippen molar-refractivity contribution in [3.8, 4) is 0 Å². The van der Waals surface area contributed by atoms with E-state index in [0.717, 1.165) is 11.4 Å². The Morgan fingerprint density at radius 1 is 1.21 bits per heavy atom. The summed E-state index contributed by atoms with van der Waals surface area (Å²) in [6, 6.07) is 10.5. The number of anilines is 1. The van der Waals surface area contributed by atoms with Crippen LogP contribution in [-0.4, -0.2) is 26.4 Å². The number of carboxylic acid groups (broad SMARTS) is 1. The SMILES string of the molecule is Cc1cc(C)n2ccc(C(=O)Nc3cccc(CC(=O)O)c3)c2n1. The number of aryl methyl sites for hydroxylation is 2. The first-order valence-corrected chi connectivity index (χ1v) is 7.51. The fraction of sp³-hybridized carbons (Fsp3) is 0.167. The maximum atomic E-state index is 12.6. The van der Waals surface area contributed by atoms with Crippen LogP contribution in [0.2, 0.25) is 0 Å². The second-order valence-corrected chi connectivity index (χ2v) is 5.69. The molecule has 2 N–H and O–H groups in total. The van der Waals surface area contributed by atoms with Gasteiger partial charge in [-0.2, -0.15) is 0 Å². The van der Waals surface area contributed by atoms with Crippen LogP contribution in [0.1, 0.15) is 27.3 Å². The predicted octanol–water partition coefficient (Wildman–Crippen LogP) is 2.83. The molecule has 3 rings (SSSR count). The molecule has 0 aliphatic carbocycles. The number of carboxylic acids is 1. The average molecular weight is 323 g/mol. The monoisotopic (exact) mass is 323 g/mol. The number of nitrogens with one attached hydrogen (secondary N) is 1. The number of aliphatic carboxylic acids is 1. The van der Waals surface area contributed by atoms with Crippen LogP contribution >= 0.6 is 0 Å². The van der Waals surface area contributed by atoms with Crippen LogP contribution in [0.15, 0.2) is 42.6 Å². The molecule has 24 heavy (non-hydrogen) atoms. The van der Waals surface area contributed by atoms with Gasteiger partial charge in [-0.1, -0.05) is 12.1 Å². The van der Waals surface area contributed by atoms with E-state index in [2.05, 4.69) is 10.3 Å². The topological polar surface area (TPSA) is 83.7 Å². The van der Waals surface area contributed by atoms with E-state index in [1.54, 1.807) is 30.3 Å². The summed E-state index contributed by atoms with van der Waals surface area (Å²) in [5.41, 5.74) is 4.11. The van der Waals surface area contributed by atoms with Crippen LogP contribution in [0.3, 0.4) is 0 Å². The van der Waals surface area contributed by atoms with Crippen LogP contribution in [0.5, 0.6) is 0 Å². The average Bonchev–Trinajstić information content (AvgIpc) is 2.91. The molecule has 0 spiro atoms. The third-order valence-corrected chi connectivity index (χ3v) is 3.72. The number of amides is 1. The number of hydrogen-bond acceptors (Lipinski definition) is 3. The van der Waals surface area contributed by atoms with E-state index in [1.165, 1.54) is 0 Å². The van der Waals surface area contributed by atoms with Gasteiger partial charge in [-0.15, -0.1) is 0 Å². The molecule has 122 valence electrons. The summed E-state index contributed by atoms with van der Waals surface area (Å²) < 4.78 is 1.86. The third-order valence-electron chi connectivity index (χ3n) is 3.72. The van der Waals surface area contributed by atoms with Crippen molar-refractivity contribution < 1.29 is 14.7 Å². The summed E-state index contributed by atoms with van der Waals surface area (Å²) >= 11 is 0. The van der Waals surface area contributed by atoms with Gasteiger partial charge in [-0.05, 0) is 43.7 Å².